The van der Waals surface area contributed by atoms with E-state index in [1.54, 1.807) is 24.1 Å². The highest BCUT2D eigenvalue weighted by Crippen LogP contribution is 2.39. The Kier molecular flexibility index (Phi) is 6.60. The van der Waals surface area contributed by atoms with Gasteiger partial charge in [0.2, 0.25) is 12.4 Å². The summed E-state index contributed by atoms with van der Waals surface area (Å²) in [5.41, 5.74) is 8.00. The molecule has 29 heavy (non-hydrogen) atoms. The molecule has 0 saturated heterocycles. The Morgan fingerprint density at radius 3 is 2.55 bits per heavy atom. The third-order valence-electron chi connectivity index (χ3n) is 5.30. The largest absolute Gasteiger partial charge is 0.385 e. The summed E-state index contributed by atoms with van der Waals surface area (Å²) < 4.78 is 1.63. The van der Waals surface area contributed by atoms with Crippen LogP contribution in [0.5, 0.6) is 0 Å². The summed E-state index contributed by atoms with van der Waals surface area (Å²) in [6.45, 7) is 3.59. The third-order valence-corrected chi connectivity index (χ3v) is 5.30. The van der Waals surface area contributed by atoms with Gasteiger partial charge in [-0.1, -0.05) is 19.8 Å². The number of hydrogen-bond donors (Lipinski definition) is 1. The molecule has 2 aromatic heterocycles. The molecule has 8 nitrogen and oxygen atoms in total. The molecular formula is C21H28N7O+. The maximum atomic E-state index is 7.32. The average molecular weight is 395 g/mol. The van der Waals surface area contributed by atoms with E-state index in [0.717, 1.165) is 23.5 Å². The zero-order chi connectivity index (χ0) is 20.8. The van der Waals surface area contributed by atoms with Gasteiger partial charge in [-0.05, 0) is 19.3 Å². The van der Waals surface area contributed by atoms with Crippen molar-refractivity contribution in [3.05, 3.63) is 30.7 Å². The number of anilines is 1. The average Bonchev–Trinajstić information content (AvgIpc) is 3.27. The Balaban J connectivity index is 0.000000755. The molecule has 2 aliphatic rings. The Labute approximate surface area is 171 Å². The first kappa shape index (κ1) is 20.5. The topological polar surface area (TPSA) is 104 Å². The van der Waals surface area contributed by atoms with Crippen LogP contribution in [0.15, 0.2) is 35.7 Å². The highest BCUT2D eigenvalue weighted by Gasteiger charge is 2.35. The number of nitrogens with two attached hydrogens (primary N) is 1. The quantitative estimate of drug-likeness (QED) is 0.799. The molecule has 1 aliphatic heterocycles. The second-order valence-corrected chi connectivity index (χ2v) is 7.06. The molecule has 0 aromatic carbocycles. The summed E-state index contributed by atoms with van der Waals surface area (Å²) in [5.74, 6) is 2.27. The molecule has 1 atom stereocenters. The van der Waals surface area contributed by atoms with Crippen LogP contribution >= 0.6 is 0 Å². The van der Waals surface area contributed by atoms with Crippen LogP contribution in [0, 0.1) is 11.3 Å². The molecule has 2 N–H and O–H groups in total. The molecule has 1 unspecified atom stereocenters. The second kappa shape index (κ2) is 9.32. The molecule has 152 valence electrons. The predicted octanol–water partition coefficient (Wildman–Crippen LogP) is 2.55. The minimum absolute atomic E-state index is 0.111. The maximum absolute atomic E-state index is 7.32. The Bertz CT molecular complexity index is 898. The van der Waals surface area contributed by atoms with Gasteiger partial charge in [0.25, 0.3) is 0 Å². The van der Waals surface area contributed by atoms with Gasteiger partial charge in [0, 0.05) is 35.4 Å². The lowest BCUT2D eigenvalue weighted by Crippen LogP contribution is -2.51. The molecular weight excluding hydrogens is 366 g/mol. The van der Waals surface area contributed by atoms with E-state index in [2.05, 4.69) is 21.8 Å². The number of rotatable bonds is 4. The number of pyridine rings is 1. The fraction of sp³-hybridized carbons (Fsp3) is 0.476. The number of aromatic nitrogens is 3. The van der Waals surface area contributed by atoms with E-state index in [4.69, 9.17) is 20.8 Å². The van der Waals surface area contributed by atoms with Gasteiger partial charge in [-0.2, -0.15) is 5.26 Å². The molecule has 0 bridgehead atoms. The van der Waals surface area contributed by atoms with Gasteiger partial charge in [-0.15, -0.1) is 0 Å². The minimum atomic E-state index is 0.111. The summed E-state index contributed by atoms with van der Waals surface area (Å²) in [5, 5.41) is 7.32. The van der Waals surface area contributed by atoms with Crippen LogP contribution in [0.25, 0.3) is 11.4 Å². The zero-order valence-corrected chi connectivity index (χ0v) is 17.2. The first-order valence-corrected chi connectivity index (χ1v) is 9.99. The maximum Gasteiger partial charge on any atom is 0.223 e. The van der Waals surface area contributed by atoms with Gasteiger partial charge >= 0.3 is 0 Å². The van der Waals surface area contributed by atoms with Crippen molar-refractivity contribution < 1.29 is 9.57 Å². The van der Waals surface area contributed by atoms with Gasteiger partial charge in [0.1, 0.15) is 18.6 Å². The van der Waals surface area contributed by atoms with Gasteiger partial charge in [-0.25, -0.2) is 15.0 Å². The molecule has 1 fully saturated rings. The van der Waals surface area contributed by atoms with Gasteiger partial charge in [0.15, 0.2) is 11.6 Å². The molecule has 0 amide bonds. The first-order valence-electron chi connectivity index (χ1n) is 9.99. The Hall–Kier alpha value is -3.21. The summed E-state index contributed by atoms with van der Waals surface area (Å²) in [7, 11) is 1.63. The summed E-state index contributed by atoms with van der Waals surface area (Å²) in [6, 6.07) is 6.23. The summed E-state index contributed by atoms with van der Waals surface area (Å²) in [4.78, 5) is 21.6. The van der Waals surface area contributed by atoms with Crippen LogP contribution in [-0.2, 0) is 0 Å². The number of nitrogens with zero attached hydrogens (tertiary/aromatic N) is 6. The molecule has 3 heterocycles. The number of aliphatic imine (C=N–C) groups is 1. The van der Waals surface area contributed by atoms with Crippen molar-refractivity contribution in [3.63, 3.8) is 0 Å². The van der Waals surface area contributed by atoms with E-state index in [0.29, 0.717) is 17.7 Å². The van der Waals surface area contributed by atoms with E-state index >= 15 is 0 Å². The van der Waals surface area contributed by atoms with Crippen LogP contribution in [-0.4, -0.2) is 35.0 Å². The van der Waals surface area contributed by atoms with E-state index in [1.807, 2.05) is 24.5 Å². The lowest BCUT2D eigenvalue weighted by Gasteiger charge is -2.39. The smallest absolute Gasteiger partial charge is 0.223 e. The fourth-order valence-electron chi connectivity index (χ4n) is 3.98. The van der Waals surface area contributed by atoms with Crippen LogP contribution in [0.2, 0.25) is 0 Å². The predicted molar refractivity (Wildman–Crippen MR) is 112 cm³/mol. The standard InChI is InChI=1S/C19H24N6O.C2H3N/c1-3-16-17(20)22-15-12-21-18(13-8-10-24(26-2)11-9-13)23-19(15)25(16)14-6-4-5-7-14;1-2-3/h8-12,14,16,20H,3-7H2,1-2H3;1H3/p+1. The molecule has 0 spiro atoms. The molecule has 4 rings (SSSR count). The Morgan fingerprint density at radius 1 is 1.31 bits per heavy atom. The van der Waals surface area contributed by atoms with E-state index in [9.17, 15) is 0 Å². The van der Waals surface area contributed by atoms with Crippen molar-refractivity contribution in [3.8, 4) is 17.5 Å². The molecule has 2 aromatic rings. The Morgan fingerprint density at radius 2 is 1.97 bits per heavy atom. The van der Waals surface area contributed by atoms with Crippen molar-refractivity contribution in [2.75, 3.05) is 12.0 Å². The second-order valence-electron chi connectivity index (χ2n) is 7.06. The van der Waals surface area contributed by atoms with Crippen molar-refractivity contribution in [2.24, 2.45) is 10.7 Å². The van der Waals surface area contributed by atoms with E-state index < -0.39 is 0 Å². The lowest BCUT2D eigenvalue weighted by molar-refractivity contribution is -0.885. The number of nitriles is 1. The number of hydrogen-bond acceptors (Lipinski definition) is 7. The van der Waals surface area contributed by atoms with Gasteiger partial charge in [-0.3, -0.25) is 4.84 Å². The number of amidine groups is 1. The molecule has 0 radical (unpaired) electrons. The highest BCUT2D eigenvalue weighted by molar-refractivity contribution is 5.95. The lowest BCUT2D eigenvalue weighted by atomic mass is 10.0. The zero-order valence-electron chi connectivity index (χ0n) is 17.2. The highest BCUT2D eigenvalue weighted by atomic mass is 16.6. The van der Waals surface area contributed by atoms with Crippen LogP contribution in [0.3, 0.4) is 0 Å². The van der Waals surface area contributed by atoms with Crippen molar-refractivity contribution in [1.29, 1.82) is 5.26 Å². The van der Waals surface area contributed by atoms with Crippen molar-refractivity contribution in [1.82, 2.24) is 9.97 Å². The van der Waals surface area contributed by atoms with Crippen molar-refractivity contribution in [2.45, 2.75) is 58.0 Å². The van der Waals surface area contributed by atoms with Crippen LogP contribution in [0.1, 0.15) is 46.0 Å². The number of fused-ring (bicyclic) bond motifs is 1. The van der Waals surface area contributed by atoms with Crippen molar-refractivity contribution >= 4 is 17.3 Å². The van der Waals surface area contributed by atoms with Crippen LogP contribution in [0.4, 0.5) is 11.5 Å². The van der Waals surface area contributed by atoms with Crippen LogP contribution < -0.4 is 20.2 Å². The molecule has 8 heteroatoms. The third kappa shape index (κ3) is 4.29. The summed E-state index contributed by atoms with van der Waals surface area (Å²) in [6.07, 6.45) is 11.3. The molecule has 1 aliphatic carbocycles. The first-order chi connectivity index (χ1) is 14.1. The van der Waals surface area contributed by atoms with Gasteiger partial charge < -0.3 is 10.6 Å². The fourth-order valence-corrected chi connectivity index (χ4v) is 3.98. The van der Waals surface area contributed by atoms with E-state index in [-0.39, 0.29) is 6.04 Å². The minimum Gasteiger partial charge on any atom is -0.385 e. The summed E-state index contributed by atoms with van der Waals surface area (Å²) >= 11 is 0. The van der Waals surface area contributed by atoms with E-state index in [1.165, 1.54) is 32.6 Å². The molecule has 1 saturated carbocycles. The van der Waals surface area contributed by atoms with Gasteiger partial charge in [0.05, 0.1) is 18.3 Å². The monoisotopic (exact) mass is 394 g/mol. The SMILES string of the molecule is CC#N.CCC1C(N)=Nc2cnc(-c3cc[n+](OC)cc3)nc2N1C1CCCC1. The normalized spacial score (nSPS) is 18.2.